The fourth-order valence-electron chi connectivity index (χ4n) is 2.90. The molecule has 2 saturated heterocycles. The zero-order chi connectivity index (χ0) is 11.7. The van der Waals surface area contributed by atoms with E-state index in [0.717, 1.165) is 19.3 Å². The van der Waals surface area contributed by atoms with Crippen molar-refractivity contribution in [2.45, 2.75) is 43.7 Å². The van der Waals surface area contributed by atoms with E-state index < -0.39 is 0 Å². The Hall–Kier alpha value is -0.650. The predicted octanol–water partition coefficient (Wildman–Crippen LogP) is -0.0434. The number of rotatable bonds is 3. The zero-order valence-corrected chi connectivity index (χ0v) is 10.1. The minimum absolute atomic E-state index is 0.0318. The number of piperidine rings is 1. The van der Waals surface area contributed by atoms with Crippen LogP contribution in [0.5, 0.6) is 0 Å². The van der Waals surface area contributed by atoms with E-state index >= 15 is 0 Å². The van der Waals surface area contributed by atoms with Gasteiger partial charge in [0, 0.05) is 20.3 Å². The van der Waals surface area contributed by atoms with Gasteiger partial charge in [0.2, 0.25) is 5.91 Å². The summed E-state index contributed by atoms with van der Waals surface area (Å²) in [6, 6.07) is 0.287. The van der Waals surface area contributed by atoms with E-state index in [2.05, 4.69) is 10.2 Å². The summed E-state index contributed by atoms with van der Waals surface area (Å²) in [7, 11) is 5.23. The highest BCUT2D eigenvalue weighted by atomic mass is 16.7. The molecule has 2 fully saturated rings. The Morgan fingerprint density at radius 1 is 1.38 bits per heavy atom. The second-order valence-electron chi connectivity index (χ2n) is 4.55. The van der Waals surface area contributed by atoms with Gasteiger partial charge in [0.15, 0.2) is 6.29 Å². The van der Waals surface area contributed by atoms with Gasteiger partial charge in [0.25, 0.3) is 0 Å². The van der Waals surface area contributed by atoms with Crippen molar-refractivity contribution in [2.75, 3.05) is 21.3 Å². The molecule has 0 aromatic heterocycles. The van der Waals surface area contributed by atoms with Crippen molar-refractivity contribution in [3.63, 3.8) is 0 Å². The Kier molecular flexibility index (Phi) is 3.47. The summed E-state index contributed by atoms with van der Waals surface area (Å²) in [6.07, 6.45) is 2.77. The van der Waals surface area contributed by atoms with Crippen LogP contribution in [0.4, 0.5) is 0 Å². The number of methoxy groups -OCH3 is 2. The number of carbonyl (C=O) groups excluding carboxylic acids is 1. The van der Waals surface area contributed by atoms with Crippen molar-refractivity contribution >= 4 is 5.91 Å². The molecule has 1 N–H and O–H groups in total. The number of nitrogens with one attached hydrogen (secondary N) is 1. The van der Waals surface area contributed by atoms with Gasteiger partial charge >= 0.3 is 0 Å². The van der Waals surface area contributed by atoms with Crippen LogP contribution in [0.2, 0.25) is 0 Å². The van der Waals surface area contributed by atoms with Crippen molar-refractivity contribution in [1.82, 2.24) is 10.2 Å². The minimum Gasteiger partial charge on any atom is -0.354 e. The van der Waals surface area contributed by atoms with E-state index in [4.69, 9.17) is 9.47 Å². The molecule has 2 aliphatic heterocycles. The molecule has 5 nitrogen and oxygen atoms in total. The maximum absolute atomic E-state index is 11.9. The first kappa shape index (κ1) is 11.8. The normalized spacial score (nSPS) is 35.2. The quantitative estimate of drug-likeness (QED) is 0.688. The van der Waals surface area contributed by atoms with Crippen LogP contribution in [0.25, 0.3) is 0 Å². The van der Waals surface area contributed by atoms with Gasteiger partial charge < -0.3 is 14.8 Å². The second-order valence-corrected chi connectivity index (χ2v) is 4.55. The lowest BCUT2D eigenvalue weighted by Gasteiger charge is -2.48. The van der Waals surface area contributed by atoms with E-state index in [0.29, 0.717) is 6.04 Å². The number of fused-ring (bicyclic) bond motifs is 2. The maximum atomic E-state index is 11.9. The number of hydrogen-bond donors (Lipinski definition) is 1. The Morgan fingerprint density at radius 2 is 2.06 bits per heavy atom. The molecular formula is C11H20N2O3. The predicted molar refractivity (Wildman–Crippen MR) is 58.9 cm³/mol. The van der Waals surface area contributed by atoms with Crippen molar-refractivity contribution in [3.05, 3.63) is 0 Å². The Morgan fingerprint density at radius 3 is 2.69 bits per heavy atom. The molecule has 0 saturated carbocycles. The molecule has 92 valence electrons. The first-order chi connectivity index (χ1) is 7.69. The average molecular weight is 228 g/mol. The summed E-state index contributed by atoms with van der Waals surface area (Å²) in [5.41, 5.74) is 0. The van der Waals surface area contributed by atoms with Gasteiger partial charge in [-0.1, -0.05) is 0 Å². The standard InChI is InChI=1S/C11H20N2O3/c1-13-7-5-4-6-8(13)10(14)12-9(7)11(15-2)16-3/h7-9,11H,4-6H2,1-3H3,(H,12,14). The van der Waals surface area contributed by atoms with Gasteiger partial charge in [-0.15, -0.1) is 0 Å². The van der Waals surface area contributed by atoms with E-state index in [-0.39, 0.29) is 24.3 Å². The summed E-state index contributed by atoms with van der Waals surface area (Å²) in [6.45, 7) is 0. The van der Waals surface area contributed by atoms with E-state index in [1.807, 2.05) is 7.05 Å². The fourth-order valence-corrected chi connectivity index (χ4v) is 2.90. The molecule has 0 radical (unpaired) electrons. The summed E-state index contributed by atoms with van der Waals surface area (Å²) in [4.78, 5) is 14.1. The molecule has 1 amide bonds. The third kappa shape index (κ3) is 1.83. The maximum Gasteiger partial charge on any atom is 0.237 e. The van der Waals surface area contributed by atoms with Crippen LogP contribution >= 0.6 is 0 Å². The van der Waals surface area contributed by atoms with Gasteiger partial charge in [0.1, 0.15) is 0 Å². The first-order valence-corrected chi connectivity index (χ1v) is 5.77. The molecule has 0 aromatic rings. The van der Waals surface area contributed by atoms with Crippen LogP contribution in [-0.2, 0) is 14.3 Å². The van der Waals surface area contributed by atoms with Crippen LogP contribution in [0.3, 0.4) is 0 Å². The lowest BCUT2D eigenvalue weighted by molar-refractivity contribution is -0.164. The molecule has 2 bridgehead atoms. The van der Waals surface area contributed by atoms with Crippen LogP contribution in [0.1, 0.15) is 19.3 Å². The number of hydrogen-bond acceptors (Lipinski definition) is 4. The largest absolute Gasteiger partial charge is 0.354 e. The van der Waals surface area contributed by atoms with Crippen LogP contribution in [0, 0.1) is 0 Å². The first-order valence-electron chi connectivity index (χ1n) is 5.77. The third-order valence-electron chi connectivity index (χ3n) is 3.78. The van der Waals surface area contributed by atoms with Crippen LogP contribution in [-0.4, -0.2) is 56.5 Å². The van der Waals surface area contributed by atoms with E-state index in [1.165, 1.54) is 0 Å². The van der Waals surface area contributed by atoms with E-state index in [9.17, 15) is 4.79 Å². The highest BCUT2D eigenvalue weighted by Gasteiger charge is 2.45. The molecule has 2 rings (SSSR count). The molecule has 16 heavy (non-hydrogen) atoms. The summed E-state index contributed by atoms with van der Waals surface area (Å²) >= 11 is 0. The Bertz CT molecular complexity index is 268. The average Bonchev–Trinajstić information content (AvgIpc) is 2.27. The lowest BCUT2D eigenvalue weighted by atomic mass is 9.87. The Labute approximate surface area is 96.1 Å². The fraction of sp³-hybridized carbons (Fsp3) is 0.909. The molecule has 0 aromatic carbocycles. The number of amides is 1. The highest BCUT2D eigenvalue weighted by molar-refractivity contribution is 5.83. The topological polar surface area (TPSA) is 50.8 Å². The summed E-state index contributed by atoms with van der Waals surface area (Å²) in [5.74, 6) is 0.0996. The SMILES string of the molecule is COC(OC)C1NC(=O)C2CCCC1N2C. The summed E-state index contributed by atoms with van der Waals surface area (Å²) in [5, 5.41) is 3.02. The van der Waals surface area contributed by atoms with Gasteiger partial charge in [-0.25, -0.2) is 0 Å². The molecule has 2 heterocycles. The van der Waals surface area contributed by atoms with Gasteiger partial charge in [-0.3, -0.25) is 9.69 Å². The zero-order valence-electron chi connectivity index (χ0n) is 10.1. The highest BCUT2D eigenvalue weighted by Crippen LogP contribution is 2.29. The third-order valence-corrected chi connectivity index (χ3v) is 3.78. The number of likely N-dealkylation sites (N-methyl/N-ethyl adjacent to an activating group) is 1. The van der Waals surface area contributed by atoms with Crippen molar-refractivity contribution in [1.29, 1.82) is 0 Å². The lowest BCUT2D eigenvalue weighted by Crippen LogP contribution is -2.69. The molecule has 0 aliphatic carbocycles. The smallest absolute Gasteiger partial charge is 0.237 e. The van der Waals surface area contributed by atoms with Crippen LogP contribution < -0.4 is 5.32 Å². The number of ether oxygens (including phenoxy) is 2. The molecule has 0 spiro atoms. The van der Waals surface area contributed by atoms with Crippen LogP contribution in [0.15, 0.2) is 0 Å². The Balaban J connectivity index is 2.17. The second kappa shape index (κ2) is 4.69. The van der Waals surface area contributed by atoms with Crippen molar-refractivity contribution in [2.24, 2.45) is 0 Å². The van der Waals surface area contributed by atoms with Gasteiger partial charge in [-0.05, 0) is 26.3 Å². The van der Waals surface area contributed by atoms with Gasteiger partial charge in [0.05, 0.1) is 12.1 Å². The van der Waals surface area contributed by atoms with Crippen molar-refractivity contribution < 1.29 is 14.3 Å². The number of carbonyl (C=O) groups is 1. The summed E-state index contributed by atoms with van der Waals surface area (Å²) < 4.78 is 10.5. The monoisotopic (exact) mass is 228 g/mol. The molecule has 5 heteroatoms. The number of nitrogens with zero attached hydrogens (tertiary/aromatic N) is 1. The molecule has 3 unspecified atom stereocenters. The molecular weight excluding hydrogens is 208 g/mol. The minimum atomic E-state index is -0.365. The molecule has 2 aliphatic rings. The van der Waals surface area contributed by atoms with Crippen molar-refractivity contribution in [3.8, 4) is 0 Å². The molecule has 3 atom stereocenters. The van der Waals surface area contributed by atoms with Gasteiger partial charge in [-0.2, -0.15) is 0 Å². The number of piperazine rings is 1. The van der Waals surface area contributed by atoms with E-state index in [1.54, 1.807) is 14.2 Å².